The van der Waals surface area contributed by atoms with Crippen molar-refractivity contribution in [3.8, 4) is 22.8 Å². The highest BCUT2D eigenvalue weighted by atomic mass is 19.3. The van der Waals surface area contributed by atoms with E-state index in [0.29, 0.717) is 23.8 Å². The van der Waals surface area contributed by atoms with Crippen LogP contribution in [0.25, 0.3) is 11.3 Å². The van der Waals surface area contributed by atoms with Crippen LogP contribution in [0.15, 0.2) is 53.1 Å². The highest BCUT2D eigenvalue weighted by molar-refractivity contribution is 5.91. The number of aryl methyl sites for hydroxylation is 2. The highest BCUT2D eigenvalue weighted by Crippen LogP contribution is 2.42. The molecule has 0 unspecified atom stereocenters. The van der Waals surface area contributed by atoms with E-state index in [4.69, 9.17) is 4.42 Å². The molecule has 2 heterocycles. The molecular weight excluding hydrogens is 370 g/mol. The largest absolute Gasteiger partial charge is 0.586 e. The summed E-state index contributed by atoms with van der Waals surface area (Å²) in [6.07, 6.45) is -1.64. The van der Waals surface area contributed by atoms with Gasteiger partial charge in [-0.15, -0.1) is 8.78 Å². The van der Waals surface area contributed by atoms with Gasteiger partial charge >= 0.3 is 6.29 Å². The molecular formula is C20H16F2N2O4. The molecule has 6 nitrogen and oxygen atoms in total. The molecule has 0 saturated heterocycles. The Morgan fingerprint density at radius 2 is 1.86 bits per heavy atom. The molecule has 3 aromatic rings. The Labute approximate surface area is 159 Å². The number of ether oxygens (including phenoxy) is 2. The number of nitrogens with one attached hydrogen (secondary N) is 1. The third-order valence-electron chi connectivity index (χ3n) is 4.14. The van der Waals surface area contributed by atoms with Crippen molar-refractivity contribution in [3.63, 3.8) is 0 Å². The fourth-order valence-electron chi connectivity index (χ4n) is 2.75. The Balaban J connectivity index is 1.34. The first kappa shape index (κ1) is 18.0. The van der Waals surface area contributed by atoms with Crippen LogP contribution in [0.1, 0.15) is 17.9 Å². The maximum Gasteiger partial charge on any atom is 0.586 e. The van der Waals surface area contributed by atoms with Gasteiger partial charge in [0.25, 0.3) is 0 Å². The second-order valence-electron chi connectivity index (χ2n) is 6.36. The number of nitrogens with zero attached hydrogens (tertiary/aromatic N) is 1. The summed E-state index contributed by atoms with van der Waals surface area (Å²) in [6.45, 7) is 2.00. The van der Waals surface area contributed by atoms with Crippen molar-refractivity contribution in [1.82, 2.24) is 4.98 Å². The second kappa shape index (κ2) is 6.95. The van der Waals surface area contributed by atoms with Crippen LogP contribution in [-0.2, 0) is 11.2 Å². The summed E-state index contributed by atoms with van der Waals surface area (Å²) in [4.78, 5) is 16.3. The van der Waals surface area contributed by atoms with E-state index >= 15 is 0 Å². The smallest absolute Gasteiger partial charge is 0.441 e. The lowest BCUT2D eigenvalue weighted by atomic mass is 10.1. The minimum atomic E-state index is -3.69. The Hall–Kier alpha value is -3.42. The predicted octanol–water partition coefficient (Wildman–Crippen LogP) is 4.54. The molecule has 0 atom stereocenters. The number of amides is 1. The van der Waals surface area contributed by atoms with E-state index in [0.717, 1.165) is 11.1 Å². The summed E-state index contributed by atoms with van der Waals surface area (Å²) in [5.41, 5.74) is 2.39. The number of hydrogen-bond acceptors (Lipinski definition) is 5. The van der Waals surface area contributed by atoms with Crippen molar-refractivity contribution >= 4 is 11.6 Å². The maximum absolute atomic E-state index is 13.0. The van der Waals surface area contributed by atoms with Gasteiger partial charge in [0.1, 0.15) is 0 Å². The number of oxazole rings is 1. The van der Waals surface area contributed by atoms with E-state index in [9.17, 15) is 13.6 Å². The van der Waals surface area contributed by atoms with Crippen LogP contribution >= 0.6 is 0 Å². The fourth-order valence-corrected chi connectivity index (χ4v) is 2.75. The van der Waals surface area contributed by atoms with Gasteiger partial charge in [-0.2, -0.15) is 0 Å². The zero-order chi connectivity index (χ0) is 19.7. The first-order valence-corrected chi connectivity index (χ1v) is 8.59. The van der Waals surface area contributed by atoms with Gasteiger partial charge in [-0.05, 0) is 19.1 Å². The Bertz CT molecular complexity index is 1020. The van der Waals surface area contributed by atoms with Gasteiger partial charge in [0.2, 0.25) is 5.91 Å². The lowest BCUT2D eigenvalue weighted by Crippen LogP contribution is -2.25. The van der Waals surface area contributed by atoms with Crippen LogP contribution in [0.4, 0.5) is 14.5 Å². The lowest BCUT2D eigenvalue weighted by Gasteiger charge is -2.05. The van der Waals surface area contributed by atoms with Crippen molar-refractivity contribution in [1.29, 1.82) is 0 Å². The van der Waals surface area contributed by atoms with Crippen molar-refractivity contribution in [3.05, 3.63) is 60.1 Å². The first-order valence-electron chi connectivity index (χ1n) is 8.59. The third-order valence-corrected chi connectivity index (χ3v) is 4.14. The Morgan fingerprint density at radius 1 is 1.11 bits per heavy atom. The average molecular weight is 386 g/mol. The normalized spacial score (nSPS) is 14.1. The molecule has 1 aliphatic heterocycles. The van der Waals surface area contributed by atoms with Gasteiger partial charge in [-0.25, -0.2) is 4.98 Å². The lowest BCUT2D eigenvalue weighted by molar-refractivity contribution is -0.286. The van der Waals surface area contributed by atoms with Gasteiger partial charge in [-0.1, -0.05) is 29.8 Å². The summed E-state index contributed by atoms with van der Waals surface area (Å²) in [5.74, 6) is 0.563. The molecule has 1 N–H and O–H groups in total. The minimum absolute atomic E-state index is 0.0774. The van der Waals surface area contributed by atoms with Gasteiger partial charge in [0.05, 0.1) is 6.20 Å². The number of anilines is 1. The molecule has 2 aromatic carbocycles. The average Bonchev–Trinajstić information content (AvgIpc) is 3.23. The molecule has 0 saturated carbocycles. The van der Waals surface area contributed by atoms with E-state index in [1.165, 1.54) is 18.2 Å². The van der Waals surface area contributed by atoms with Crippen molar-refractivity contribution in [2.45, 2.75) is 26.1 Å². The zero-order valence-electron chi connectivity index (χ0n) is 14.9. The summed E-state index contributed by atoms with van der Waals surface area (Å²) >= 11 is 0. The molecule has 0 aliphatic carbocycles. The number of benzene rings is 2. The molecule has 0 bridgehead atoms. The number of carbonyl (C=O) groups is 1. The molecule has 1 amide bonds. The van der Waals surface area contributed by atoms with Crippen molar-refractivity contribution < 1.29 is 27.5 Å². The highest BCUT2D eigenvalue weighted by Gasteiger charge is 2.43. The first-order chi connectivity index (χ1) is 13.4. The topological polar surface area (TPSA) is 73.6 Å². The molecule has 1 aliphatic rings. The van der Waals surface area contributed by atoms with Crippen LogP contribution in [0.2, 0.25) is 0 Å². The molecule has 0 fully saturated rings. The number of halogens is 2. The van der Waals surface area contributed by atoms with Crippen LogP contribution in [0.3, 0.4) is 0 Å². The molecule has 0 radical (unpaired) electrons. The summed E-state index contributed by atoms with van der Waals surface area (Å²) in [5, 5.41) is 2.63. The maximum atomic E-state index is 13.0. The minimum Gasteiger partial charge on any atom is -0.441 e. The standard InChI is InChI=1S/C20H16F2N2O4/c1-12-2-4-13(5-3-12)17-11-23-19(26-17)9-8-18(25)24-14-6-7-15-16(10-14)28-20(21,22)27-15/h2-7,10-11H,8-9H2,1H3,(H,24,25). The van der Waals surface area contributed by atoms with Crippen molar-refractivity contribution in [2.24, 2.45) is 0 Å². The third kappa shape index (κ3) is 3.95. The van der Waals surface area contributed by atoms with E-state index < -0.39 is 6.29 Å². The van der Waals surface area contributed by atoms with Crippen LogP contribution in [0, 0.1) is 6.92 Å². The van der Waals surface area contributed by atoms with Gasteiger partial charge in [0.15, 0.2) is 23.1 Å². The van der Waals surface area contributed by atoms with E-state index in [2.05, 4.69) is 19.8 Å². The number of aromatic nitrogens is 1. The second-order valence-corrected chi connectivity index (χ2v) is 6.36. The van der Waals surface area contributed by atoms with Crippen LogP contribution in [0.5, 0.6) is 11.5 Å². The molecule has 0 spiro atoms. The Kier molecular flexibility index (Phi) is 4.46. The van der Waals surface area contributed by atoms with E-state index in [-0.39, 0.29) is 23.8 Å². The molecule has 28 heavy (non-hydrogen) atoms. The number of alkyl halides is 2. The van der Waals surface area contributed by atoms with E-state index in [1.807, 2.05) is 31.2 Å². The SMILES string of the molecule is Cc1ccc(-c2cnc(CCC(=O)Nc3ccc4c(c3)OC(F)(F)O4)o2)cc1. The molecule has 1 aromatic heterocycles. The monoisotopic (exact) mass is 386 g/mol. The number of rotatable bonds is 5. The van der Waals surface area contributed by atoms with Gasteiger partial charge < -0.3 is 19.2 Å². The molecule has 144 valence electrons. The number of fused-ring (bicyclic) bond motifs is 1. The van der Waals surface area contributed by atoms with Gasteiger partial charge in [-0.3, -0.25) is 4.79 Å². The Morgan fingerprint density at radius 3 is 2.64 bits per heavy atom. The van der Waals surface area contributed by atoms with Crippen LogP contribution < -0.4 is 14.8 Å². The summed E-state index contributed by atoms with van der Waals surface area (Å²) in [6, 6.07) is 11.9. The summed E-state index contributed by atoms with van der Waals surface area (Å²) in [7, 11) is 0. The summed E-state index contributed by atoms with van der Waals surface area (Å²) < 4.78 is 40.4. The quantitative estimate of drug-likeness (QED) is 0.697. The fraction of sp³-hybridized carbons (Fsp3) is 0.200. The van der Waals surface area contributed by atoms with Crippen LogP contribution in [-0.4, -0.2) is 17.2 Å². The number of hydrogen-bond donors (Lipinski definition) is 1. The number of carbonyl (C=O) groups excluding carboxylic acids is 1. The predicted molar refractivity (Wildman–Crippen MR) is 96.3 cm³/mol. The van der Waals surface area contributed by atoms with Crippen molar-refractivity contribution in [2.75, 3.05) is 5.32 Å². The zero-order valence-corrected chi connectivity index (χ0v) is 14.9. The van der Waals surface area contributed by atoms with E-state index in [1.54, 1.807) is 6.20 Å². The van der Waals surface area contributed by atoms with Gasteiger partial charge in [0, 0.05) is 30.2 Å². The molecule has 4 rings (SSSR count). The molecule has 8 heteroatoms.